The predicted molar refractivity (Wildman–Crippen MR) is 71.3 cm³/mol. The fourth-order valence-electron chi connectivity index (χ4n) is 3.14. The highest BCUT2D eigenvalue weighted by Gasteiger charge is 2.30. The highest BCUT2D eigenvalue weighted by molar-refractivity contribution is 5.79. The van der Waals surface area contributed by atoms with Crippen LogP contribution in [0.4, 0.5) is 0 Å². The van der Waals surface area contributed by atoms with E-state index in [9.17, 15) is 4.79 Å². The summed E-state index contributed by atoms with van der Waals surface area (Å²) < 4.78 is 0. The van der Waals surface area contributed by atoms with Crippen LogP contribution in [0.2, 0.25) is 0 Å². The Morgan fingerprint density at radius 2 is 1.67 bits per heavy atom. The Hall–Kier alpha value is -0.610. The minimum Gasteiger partial charge on any atom is -0.340 e. The van der Waals surface area contributed by atoms with Crippen LogP contribution in [0.25, 0.3) is 0 Å². The molecule has 0 unspecified atom stereocenters. The maximum Gasteiger partial charge on any atom is 0.225 e. The quantitative estimate of drug-likeness (QED) is 0.795. The Morgan fingerprint density at radius 1 is 1.00 bits per heavy atom. The topological polar surface area (TPSA) is 35.6 Å². The molecule has 0 bridgehead atoms. The molecule has 3 rings (SSSR count). The Labute approximate surface area is 110 Å². The number of rotatable bonds is 3. The molecule has 2 heterocycles. The van der Waals surface area contributed by atoms with E-state index in [-0.39, 0.29) is 0 Å². The monoisotopic (exact) mass is 251 g/mol. The third kappa shape index (κ3) is 3.04. The first-order chi connectivity index (χ1) is 8.83. The Morgan fingerprint density at radius 3 is 2.28 bits per heavy atom. The molecule has 0 spiro atoms. The molecule has 1 amide bonds. The van der Waals surface area contributed by atoms with Crippen LogP contribution in [-0.2, 0) is 4.79 Å². The van der Waals surface area contributed by atoms with E-state index in [0.29, 0.717) is 11.8 Å². The van der Waals surface area contributed by atoms with Gasteiger partial charge in [0.2, 0.25) is 5.91 Å². The van der Waals surface area contributed by atoms with Crippen molar-refractivity contribution in [3.05, 3.63) is 0 Å². The minimum absolute atomic E-state index is 0.293. The maximum absolute atomic E-state index is 12.4. The lowest BCUT2D eigenvalue weighted by Gasteiger charge is -2.37. The molecular formula is C14H25N3O. The first kappa shape index (κ1) is 12.4. The van der Waals surface area contributed by atoms with Gasteiger partial charge in [-0.05, 0) is 44.7 Å². The molecule has 0 aromatic rings. The molecule has 0 radical (unpaired) electrons. The first-order valence-corrected chi connectivity index (χ1v) is 7.55. The maximum atomic E-state index is 12.4. The fraction of sp³-hybridized carbons (Fsp3) is 0.929. The van der Waals surface area contributed by atoms with Gasteiger partial charge in [0.1, 0.15) is 0 Å². The minimum atomic E-state index is 0.293. The summed E-state index contributed by atoms with van der Waals surface area (Å²) in [5.74, 6) is 1.68. The van der Waals surface area contributed by atoms with Crippen molar-refractivity contribution in [3.63, 3.8) is 0 Å². The molecule has 3 fully saturated rings. The number of nitrogens with one attached hydrogen (secondary N) is 1. The van der Waals surface area contributed by atoms with Gasteiger partial charge >= 0.3 is 0 Å². The van der Waals surface area contributed by atoms with E-state index in [1.807, 2.05) is 0 Å². The van der Waals surface area contributed by atoms with Crippen molar-refractivity contribution in [2.45, 2.75) is 25.7 Å². The smallest absolute Gasteiger partial charge is 0.225 e. The van der Waals surface area contributed by atoms with Gasteiger partial charge in [0, 0.05) is 38.6 Å². The number of carbonyl (C=O) groups excluding carboxylic acids is 1. The van der Waals surface area contributed by atoms with Crippen molar-refractivity contribution < 1.29 is 4.79 Å². The van der Waals surface area contributed by atoms with Gasteiger partial charge in [-0.2, -0.15) is 0 Å². The first-order valence-electron chi connectivity index (χ1n) is 7.55. The lowest BCUT2D eigenvalue weighted by atomic mass is 9.96. The molecule has 4 heteroatoms. The van der Waals surface area contributed by atoms with Crippen molar-refractivity contribution >= 4 is 5.91 Å². The van der Waals surface area contributed by atoms with Crippen LogP contribution in [0.5, 0.6) is 0 Å². The molecule has 0 aromatic heterocycles. The zero-order valence-electron chi connectivity index (χ0n) is 11.2. The molecular weight excluding hydrogens is 226 g/mol. The van der Waals surface area contributed by atoms with Crippen LogP contribution >= 0.6 is 0 Å². The molecule has 0 atom stereocenters. The lowest BCUT2D eigenvalue weighted by Crippen LogP contribution is -2.51. The van der Waals surface area contributed by atoms with Crippen LogP contribution < -0.4 is 5.32 Å². The van der Waals surface area contributed by atoms with E-state index < -0.39 is 0 Å². The Balaban J connectivity index is 1.44. The van der Waals surface area contributed by atoms with Gasteiger partial charge in [-0.3, -0.25) is 9.69 Å². The fourth-order valence-corrected chi connectivity index (χ4v) is 3.14. The molecule has 3 aliphatic rings. The second-order valence-corrected chi connectivity index (χ2v) is 6.09. The Kier molecular flexibility index (Phi) is 3.85. The van der Waals surface area contributed by atoms with Crippen LogP contribution in [-0.4, -0.2) is 61.5 Å². The number of piperazine rings is 1. The van der Waals surface area contributed by atoms with Gasteiger partial charge in [0.15, 0.2) is 0 Å². The van der Waals surface area contributed by atoms with E-state index in [0.717, 1.165) is 58.0 Å². The molecule has 2 aliphatic heterocycles. The van der Waals surface area contributed by atoms with Crippen molar-refractivity contribution in [2.75, 3.05) is 45.8 Å². The van der Waals surface area contributed by atoms with E-state index in [4.69, 9.17) is 0 Å². The normalized spacial score (nSPS) is 27.4. The summed E-state index contributed by atoms with van der Waals surface area (Å²) in [6.07, 6.45) is 4.91. The zero-order chi connectivity index (χ0) is 12.4. The second-order valence-electron chi connectivity index (χ2n) is 6.09. The van der Waals surface area contributed by atoms with Gasteiger partial charge in [-0.15, -0.1) is 0 Å². The third-order valence-corrected chi connectivity index (χ3v) is 4.59. The number of nitrogens with zero attached hydrogens (tertiary/aromatic N) is 2. The summed E-state index contributed by atoms with van der Waals surface area (Å²) in [6, 6.07) is 0. The Bertz CT molecular complexity index is 289. The largest absolute Gasteiger partial charge is 0.340 e. The molecule has 1 N–H and O–H groups in total. The van der Waals surface area contributed by atoms with Crippen LogP contribution in [0.15, 0.2) is 0 Å². The summed E-state index contributed by atoms with van der Waals surface area (Å²) in [6.45, 7) is 7.39. The highest BCUT2D eigenvalue weighted by Crippen LogP contribution is 2.30. The average Bonchev–Trinajstić information content (AvgIpc) is 3.24. The van der Waals surface area contributed by atoms with Crippen molar-refractivity contribution in [3.8, 4) is 0 Å². The average molecular weight is 251 g/mol. The summed E-state index contributed by atoms with van der Waals surface area (Å²) in [5, 5.41) is 3.33. The third-order valence-electron chi connectivity index (χ3n) is 4.59. The summed E-state index contributed by atoms with van der Waals surface area (Å²) in [5.41, 5.74) is 0. The molecule has 18 heavy (non-hydrogen) atoms. The van der Waals surface area contributed by atoms with E-state index in [2.05, 4.69) is 15.1 Å². The summed E-state index contributed by atoms with van der Waals surface area (Å²) >= 11 is 0. The second kappa shape index (κ2) is 5.57. The molecule has 2 saturated heterocycles. The molecule has 4 nitrogen and oxygen atoms in total. The highest BCUT2D eigenvalue weighted by atomic mass is 16.2. The van der Waals surface area contributed by atoms with Gasteiger partial charge in [-0.25, -0.2) is 0 Å². The van der Waals surface area contributed by atoms with Crippen molar-refractivity contribution in [2.24, 2.45) is 11.8 Å². The van der Waals surface area contributed by atoms with E-state index in [1.54, 1.807) is 0 Å². The lowest BCUT2D eigenvalue weighted by molar-refractivity contribution is -0.138. The van der Waals surface area contributed by atoms with Crippen molar-refractivity contribution in [1.82, 2.24) is 15.1 Å². The molecule has 1 saturated carbocycles. The molecule has 1 aliphatic carbocycles. The van der Waals surface area contributed by atoms with E-state index >= 15 is 0 Å². The van der Waals surface area contributed by atoms with Crippen molar-refractivity contribution in [1.29, 1.82) is 0 Å². The number of hydrogen-bond acceptors (Lipinski definition) is 3. The number of amides is 1. The van der Waals surface area contributed by atoms with Gasteiger partial charge in [0.25, 0.3) is 0 Å². The van der Waals surface area contributed by atoms with Gasteiger partial charge in [-0.1, -0.05) is 0 Å². The van der Waals surface area contributed by atoms with Gasteiger partial charge < -0.3 is 10.2 Å². The van der Waals surface area contributed by atoms with Gasteiger partial charge in [0.05, 0.1) is 0 Å². The number of hydrogen-bond donors (Lipinski definition) is 1. The van der Waals surface area contributed by atoms with Crippen LogP contribution in [0, 0.1) is 11.8 Å². The van der Waals surface area contributed by atoms with Crippen LogP contribution in [0.3, 0.4) is 0 Å². The predicted octanol–water partition coefficient (Wildman–Crippen LogP) is 0.540. The molecule has 102 valence electrons. The zero-order valence-corrected chi connectivity index (χ0v) is 11.2. The number of piperidine rings is 1. The van der Waals surface area contributed by atoms with E-state index in [1.165, 1.54) is 19.4 Å². The number of carbonyl (C=O) groups is 1. The standard InChI is InChI=1S/C14H25N3O/c18-14(13-3-5-15-6-4-13)17-9-7-16(8-10-17)11-12-1-2-12/h12-13,15H,1-11H2. The summed E-state index contributed by atoms with van der Waals surface area (Å²) in [4.78, 5) is 17.0. The SMILES string of the molecule is O=C(C1CCNCC1)N1CCN(CC2CC2)CC1. The van der Waals surface area contributed by atoms with Crippen LogP contribution in [0.1, 0.15) is 25.7 Å². The molecule has 0 aromatic carbocycles. The summed E-state index contributed by atoms with van der Waals surface area (Å²) in [7, 11) is 0.